The number of nitrogens with zero attached hydrogens (tertiary/aromatic N) is 1. The Morgan fingerprint density at radius 3 is 2.40 bits per heavy atom. The van der Waals surface area contributed by atoms with Crippen molar-refractivity contribution in [3.05, 3.63) is 58.1 Å². The molecule has 25 heavy (non-hydrogen) atoms. The van der Waals surface area contributed by atoms with Gasteiger partial charge in [0, 0.05) is 15.7 Å². The summed E-state index contributed by atoms with van der Waals surface area (Å²) in [6.07, 6.45) is 1.04. The average Bonchev–Trinajstić information content (AvgIpc) is 2.50. The third-order valence-corrected chi connectivity index (χ3v) is 5.56. The van der Waals surface area contributed by atoms with E-state index in [4.69, 9.17) is 23.2 Å². The molecule has 134 valence electrons. The van der Waals surface area contributed by atoms with Gasteiger partial charge < -0.3 is 5.32 Å². The Kier molecular flexibility index (Phi) is 5.98. The fourth-order valence-corrected chi connectivity index (χ4v) is 3.93. The summed E-state index contributed by atoms with van der Waals surface area (Å²) in [6, 6.07) is 10.5. The third-order valence-electron chi connectivity index (χ3n) is 3.68. The van der Waals surface area contributed by atoms with Crippen molar-refractivity contribution >= 4 is 50.5 Å². The van der Waals surface area contributed by atoms with E-state index in [0.717, 1.165) is 10.6 Å². The van der Waals surface area contributed by atoms with E-state index in [1.807, 2.05) is 0 Å². The molecule has 2 aromatic carbocycles. The van der Waals surface area contributed by atoms with E-state index < -0.39 is 22.0 Å². The van der Waals surface area contributed by atoms with E-state index >= 15 is 0 Å². The normalized spacial score (nSPS) is 12.5. The Bertz CT molecular complexity index is 901. The van der Waals surface area contributed by atoms with Crippen LogP contribution in [0, 0.1) is 6.92 Å². The van der Waals surface area contributed by atoms with Crippen LogP contribution in [0.4, 0.5) is 11.4 Å². The van der Waals surface area contributed by atoms with Gasteiger partial charge in [0.25, 0.3) is 0 Å². The summed E-state index contributed by atoms with van der Waals surface area (Å²) in [6.45, 7) is 3.28. The van der Waals surface area contributed by atoms with Crippen LogP contribution in [0.5, 0.6) is 0 Å². The van der Waals surface area contributed by atoms with Crippen molar-refractivity contribution < 1.29 is 13.2 Å². The monoisotopic (exact) mass is 400 g/mol. The molecule has 0 spiro atoms. The largest absolute Gasteiger partial charge is 0.324 e. The van der Waals surface area contributed by atoms with Crippen LogP contribution in [0.3, 0.4) is 0 Å². The molecule has 0 heterocycles. The number of carbonyl (C=O) groups excluding carboxylic acids is 1. The lowest BCUT2D eigenvalue weighted by Crippen LogP contribution is -2.45. The maximum absolute atomic E-state index is 12.6. The Morgan fingerprint density at radius 2 is 1.80 bits per heavy atom. The molecule has 5 nitrogen and oxygen atoms in total. The number of hydrogen-bond acceptors (Lipinski definition) is 3. The molecule has 0 radical (unpaired) electrons. The summed E-state index contributed by atoms with van der Waals surface area (Å²) in [4.78, 5) is 12.6. The molecule has 1 atom stereocenters. The topological polar surface area (TPSA) is 66.5 Å². The van der Waals surface area contributed by atoms with Crippen LogP contribution in [0.25, 0.3) is 0 Å². The maximum atomic E-state index is 12.6. The summed E-state index contributed by atoms with van der Waals surface area (Å²) < 4.78 is 25.5. The predicted octanol–water partition coefficient (Wildman–Crippen LogP) is 4.10. The van der Waals surface area contributed by atoms with Crippen molar-refractivity contribution in [1.82, 2.24) is 0 Å². The Hall–Kier alpha value is -1.76. The average molecular weight is 401 g/mol. The second-order valence-corrected chi connectivity index (χ2v) is 8.32. The van der Waals surface area contributed by atoms with Gasteiger partial charge >= 0.3 is 0 Å². The van der Waals surface area contributed by atoms with Crippen molar-refractivity contribution in [2.75, 3.05) is 15.9 Å². The van der Waals surface area contributed by atoms with E-state index in [1.54, 1.807) is 43.3 Å². The number of anilines is 2. The zero-order valence-electron chi connectivity index (χ0n) is 14.0. The minimum Gasteiger partial charge on any atom is -0.324 e. The fourth-order valence-electron chi connectivity index (χ4n) is 2.40. The number of hydrogen-bond donors (Lipinski definition) is 1. The molecule has 8 heteroatoms. The highest BCUT2D eigenvalue weighted by Crippen LogP contribution is 2.26. The first-order valence-corrected chi connectivity index (χ1v) is 10.0. The number of nitrogens with one attached hydrogen (secondary N) is 1. The molecule has 0 saturated heterocycles. The fraction of sp³-hybridized carbons (Fsp3) is 0.235. The molecule has 0 unspecified atom stereocenters. The summed E-state index contributed by atoms with van der Waals surface area (Å²) in [7, 11) is -3.70. The molecule has 2 aromatic rings. The van der Waals surface area contributed by atoms with E-state index in [1.165, 1.54) is 13.0 Å². The molecule has 0 fully saturated rings. The van der Waals surface area contributed by atoms with Gasteiger partial charge in [-0.25, -0.2) is 8.42 Å². The van der Waals surface area contributed by atoms with Crippen LogP contribution in [-0.4, -0.2) is 26.6 Å². The molecule has 0 aliphatic rings. The van der Waals surface area contributed by atoms with Gasteiger partial charge in [0.05, 0.1) is 11.9 Å². The van der Waals surface area contributed by atoms with Crippen LogP contribution in [0.2, 0.25) is 10.0 Å². The predicted molar refractivity (Wildman–Crippen MR) is 103 cm³/mol. The molecule has 1 amide bonds. The van der Waals surface area contributed by atoms with Crippen molar-refractivity contribution in [3.63, 3.8) is 0 Å². The minimum absolute atomic E-state index is 0.320. The van der Waals surface area contributed by atoms with Crippen LogP contribution >= 0.6 is 23.2 Å². The second kappa shape index (κ2) is 7.64. The number of halogens is 2. The Morgan fingerprint density at radius 1 is 1.16 bits per heavy atom. The van der Waals surface area contributed by atoms with Crippen LogP contribution < -0.4 is 9.62 Å². The van der Waals surface area contributed by atoms with Gasteiger partial charge in [-0.05, 0) is 49.7 Å². The Labute approximate surface area is 157 Å². The Balaban J connectivity index is 2.35. The number of benzene rings is 2. The van der Waals surface area contributed by atoms with Gasteiger partial charge in [-0.2, -0.15) is 0 Å². The molecule has 0 bridgehead atoms. The van der Waals surface area contributed by atoms with Crippen molar-refractivity contribution in [1.29, 1.82) is 0 Å². The molecule has 2 rings (SSSR count). The minimum atomic E-state index is -3.70. The number of sulfonamides is 1. The van der Waals surface area contributed by atoms with Crippen molar-refractivity contribution in [2.45, 2.75) is 19.9 Å². The first kappa shape index (κ1) is 19.6. The lowest BCUT2D eigenvalue weighted by molar-refractivity contribution is -0.116. The number of rotatable bonds is 5. The standard InChI is InChI=1S/C17H18Cl2N2O3S/c1-11-15(19)8-5-9-16(11)20-17(22)12(2)21(25(3,23)24)14-7-4-6-13(18)10-14/h4-10,12H,1-3H3,(H,20,22)/t12-/m1/s1. The molecular weight excluding hydrogens is 383 g/mol. The maximum Gasteiger partial charge on any atom is 0.248 e. The van der Waals surface area contributed by atoms with Gasteiger partial charge in [0.2, 0.25) is 15.9 Å². The summed E-state index contributed by atoms with van der Waals surface area (Å²) in [5.74, 6) is -0.476. The van der Waals surface area contributed by atoms with Crippen LogP contribution in [0.1, 0.15) is 12.5 Å². The lowest BCUT2D eigenvalue weighted by atomic mass is 10.2. The van der Waals surface area contributed by atoms with E-state index in [9.17, 15) is 13.2 Å². The summed E-state index contributed by atoms with van der Waals surface area (Å²) in [5, 5.41) is 3.62. The van der Waals surface area contributed by atoms with Gasteiger partial charge in [-0.1, -0.05) is 35.3 Å². The third kappa shape index (κ3) is 4.66. The number of carbonyl (C=O) groups is 1. The quantitative estimate of drug-likeness (QED) is 0.821. The zero-order chi connectivity index (χ0) is 18.8. The number of amides is 1. The molecule has 0 aliphatic heterocycles. The highest BCUT2D eigenvalue weighted by Gasteiger charge is 2.29. The van der Waals surface area contributed by atoms with E-state index in [2.05, 4.69) is 5.32 Å². The highest BCUT2D eigenvalue weighted by atomic mass is 35.5. The highest BCUT2D eigenvalue weighted by molar-refractivity contribution is 7.92. The van der Waals surface area contributed by atoms with Crippen LogP contribution in [0.15, 0.2) is 42.5 Å². The lowest BCUT2D eigenvalue weighted by Gasteiger charge is -2.28. The molecular formula is C17H18Cl2N2O3S. The summed E-state index contributed by atoms with van der Waals surface area (Å²) >= 11 is 12.0. The smallest absolute Gasteiger partial charge is 0.248 e. The first-order valence-electron chi connectivity index (χ1n) is 7.42. The SMILES string of the molecule is Cc1c(Cl)cccc1NC(=O)[C@@H](C)N(c1cccc(Cl)c1)S(C)(=O)=O. The van der Waals surface area contributed by atoms with Crippen molar-refractivity contribution in [2.24, 2.45) is 0 Å². The zero-order valence-corrected chi connectivity index (χ0v) is 16.3. The van der Waals surface area contributed by atoms with Crippen molar-refractivity contribution in [3.8, 4) is 0 Å². The second-order valence-electron chi connectivity index (χ2n) is 5.62. The van der Waals surface area contributed by atoms with E-state index in [-0.39, 0.29) is 0 Å². The van der Waals surface area contributed by atoms with E-state index in [0.29, 0.717) is 27.0 Å². The van der Waals surface area contributed by atoms with Gasteiger partial charge in [-0.3, -0.25) is 9.10 Å². The molecule has 0 aromatic heterocycles. The van der Waals surface area contributed by atoms with Gasteiger partial charge in [0.1, 0.15) is 6.04 Å². The molecule has 0 saturated carbocycles. The molecule has 0 aliphatic carbocycles. The molecule has 1 N–H and O–H groups in total. The first-order chi connectivity index (χ1) is 11.6. The summed E-state index contributed by atoms with van der Waals surface area (Å²) in [5.41, 5.74) is 1.56. The van der Waals surface area contributed by atoms with Gasteiger partial charge in [0.15, 0.2) is 0 Å². The van der Waals surface area contributed by atoms with Crippen LogP contribution in [-0.2, 0) is 14.8 Å². The van der Waals surface area contributed by atoms with Gasteiger partial charge in [-0.15, -0.1) is 0 Å².